The molecule has 2 N–H and O–H groups in total. The van der Waals surface area contributed by atoms with Crippen LogP contribution in [0.15, 0.2) is 60.8 Å². The number of allylic oxidation sites excluding steroid dienone is 8. The highest BCUT2D eigenvalue weighted by Crippen LogP contribution is 2.43. The summed E-state index contributed by atoms with van der Waals surface area (Å²) in [7, 11) is 1.40. The topological polar surface area (TPSA) is 129 Å². The minimum atomic E-state index is -4.40. The second-order valence-corrected chi connectivity index (χ2v) is 16.7. The average Bonchev–Trinajstić information content (AvgIpc) is 3.13. The lowest BCUT2D eigenvalue weighted by molar-refractivity contribution is -0.870. The van der Waals surface area contributed by atoms with Crippen LogP contribution in [0.4, 0.5) is 0 Å². The smallest absolute Gasteiger partial charge is 0.462 e. The number of phosphoric acid groups is 1. The molecule has 11 heteroatoms. The van der Waals surface area contributed by atoms with Crippen molar-refractivity contribution in [3.63, 3.8) is 0 Å². The Bertz CT molecular complexity index is 1140. The van der Waals surface area contributed by atoms with Crippen molar-refractivity contribution in [1.29, 1.82) is 0 Å². The van der Waals surface area contributed by atoms with Crippen molar-refractivity contribution in [1.82, 2.24) is 0 Å². The summed E-state index contributed by atoms with van der Waals surface area (Å²) in [5.41, 5.74) is 0. The number of rotatable bonds is 37. The lowest BCUT2D eigenvalue weighted by Crippen LogP contribution is -2.37. The van der Waals surface area contributed by atoms with E-state index in [2.05, 4.69) is 32.1 Å². The van der Waals surface area contributed by atoms with Crippen molar-refractivity contribution in [2.75, 3.05) is 47.5 Å². The van der Waals surface area contributed by atoms with Crippen LogP contribution >= 0.6 is 7.82 Å². The number of carbonyl (C=O) groups is 2. The number of ether oxygens (including phenoxy) is 2. The molecule has 0 rings (SSSR count). The number of aliphatic hydroxyl groups excluding tert-OH is 1. The van der Waals surface area contributed by atoms with Crippen LogP contribution in [0, 0.1) is 0 Å². The molecule has 0 aliphatic carbocycles. The van der Waals surface area contributed by atoms with Gasteiger partial charge in [0.1, 0.15) is 19.8 Å². The molecule has 0 radical (unpaired) electrons. The molecule has 10 nitrogen and oxygen atoms in total. The Balaban J connectivity index is 4.56. The molecule has 55 heavy (non-hydrogen) atoms. The van der Waals surface area contributed by atoms with Crippen LogP contribution in [0.3, 0.4) is 0 Å². The number of carbonyl (C=O) groups excluding carboxylic acids is 2. The predicted molar refractivity (Wildman–Crippen MR) is 225 cm³/mol. The summed E-state index contributed by atoms with van der Waals surface area (Å²) in [4.78, 5) is 35.3. The largest absolute Gasteiger partial charge is 0.472 e. The molecule has 0 aliphatic heterocycles. The molecule has 0 amide bonds. The Morgan fingerprint density at radius 2 is 1.22 bits per heavy atom. The summed E-state index contributed by atoms with van der Waals surface area (Å²) in [6.07, 6.45) is 38.7. The maximum absolute atomic E-state index is 12.6. The number of phosphoric ester groups is 1. The lowest BCUT2D eigenvalue weighted by atomic mass is 10.1. The van der Waals surface area contributed by atoms with Crippen LogP contribution in [0.1, 0.15) is 149 Å². The minimum absolute atomic E-state index is 0.00926. The molecule has 3 atom stereocenters. The van der Waals surface area contributed by atoms with Gasteiger partial charge in [-0.25, -0.2) is 4.57 Å². The van der Waals surface area contributed by atoms with Gasteiger partial charge in [-0.2, -0.15) is 0 Å². The van der Waals surface area contributed by atoms with Gasteiger partial charge in [0, 0.05) is 12.8 Å². The number of likely N-dealkylation sites (N-methyl/N-ethyl adjacent to an activating group) is 1. The molecule has 0 saturated heterocycles. The molecule has 0 aromatic carbocycles. The predicted octanol–water partition coefficient (Wildman–Crippen LogP) is 10.7. The van der Waals surface area contributed by atoms with Crippen molar-refractivity contribution in [3.05, 3.63) is 60.8 Å². The van der Waals surface area contributed by atoms with E-state index in [1.54, 1.807) is 6.08 Å². The summed E-state index contributed by atoms with van der Waals surface area (Å²) < 4.78 is 34.1. The van der Waals surface area contributed by atoms with E-state index in [-0.39, 0.29) is 26.1 Å². The van der Waals surface area contributed by atoms with Crippen molar-refractivity contribution < 1.29 is 47.2 Å². The number of aliphatic hydroxyl groups is 1. The number of unbranched alkanes of at least 4 members (excludes halogenated alkanes) is 13. The highest BCUT2D eigenvalue weighted by atomic mass is 31.2. The number of hydrogen-bond acceptors (Lipinski definition) is 8. The Morgan fingerprint density at radius 1 is 0.655 bits per heavy atom. The van der Waals surface area contributed by atoms with Gasteiger partial charge in [-0.15, -0.1) is 0 Å². The van der Waals surface area contributed by atoms with Gasteiger partial charge >= 0.3 is 19.8 Å². The van der Waals surface area contributed by atoms with Gasteiger partial charge in [0.05, 0.1) is 33.9 Å². The average molecular weight is 797 g/mol. The van der Waals surface area contributed by atoms with E-state index >= 15 is 0 Å². The van der Waals surface area contributed by atoms with Crippen LogP contribution in [-0.4, -0.2) is 86.1 Å². The molecule has 0 aromatic rings. The first kappa shape index (κ1) is 52.7. The standard InChI is InChI=1S/C44H78NO9P/c1-6-8-10-12-14-15-16-17-18-19-24-28-32-36-44(48)54-42(40-53-55(49,50)52-38-37-45(3,4)5)39-51-43(47)35-31-27-23-21-20-22-26-30-34-41(46)33-29-25-13-11-9-7-2/h15-16,21-23,25-26,29-30,34,41-42,46H,6-14,17-20,24,27-28,31-33,35-40H2,1-5H3/p+1/b16-15-,23-21-,26-22-,29-25-,34-30+/t41-,42-/m1/s1. The van der Waals surface area contributed by atoms with Crippen LogP contribution in [0.5, 0.6) is 0 Å². The molecule has 0 fully saturated rings. The fraction of sp³-hybridized carbons (Fsp3) is 0.727. The molecular weight excluding hydrogens is 717 g/mol. The van der Waals surface area contributed by atoms with Gasteiger partial charge < -0.3 is 24.0 Å². The van der Waals surface area contributed by atoms with Gasteiger partial charge in [0.25, 0.3) is 0 Å². The molecule has 0 spiro atoms. The zero-order valence-corrected chi connectivity index (χ0v) is 36.1. The maximum atomic E-state index is 12.6. The van der Waals surface area contributed by atoms with E-state index in [9.17, 15) is 24.2 Å². The SMILES string of the molecule is CCCCC/C=C\C[C@@H](O)/C=C/C=C\C/C=C\CCCC(=O)OC[C@H](COP(=O)(O)OCC[N+](C)(C)C)OC(=O)CCCCCCC/C=C\CCCCCC. The molecule has 0 heterocycles. The lowest BCUT2D eigenvalue weighted by Gasteiger charge is -2.24. The van der Waals surface area contributed by atoms with Crippen molar-refractivity contribution in [2.24, 2.45) is 0 Å². The van der Waals surface area contributed by atoms with E-state index in [4.69, 9.17) is 18.5 Å². The Labute approximate surface area is 335 Å². The Kier molecular flexibility index (Phi) is 34.5. The molecule has 0 bridgehead atoms. The Hall–Kier alpha value is -2.33. The highest BCUT2D eigenvalue weighted by molar-refractivity contribution is 7.47. The maximum Gasteiger partial charge on any atom is 0.472 e. The normalized spacial score (nSPS) is 14.8. The second kappa shape index (κ2) is 36.0. The monoisotopic (exact) mass is 797 g/mol. The molecule has 0 aromatic heterocycles. The fourth-order valence-corrected chi connectivity index (χ4v) is 5.94. The van der Waals surface area contributed by atoms with Gasteiger partial charge in [-0.3, -0.25) is 18.6 Å². The summed E-state index contributed by atoms with van der Waals surface area (Å²) in [5, 5.41) is 10.0. The van der Waals surface area contributed by atoms with Gasteiger partial charge in [-0.1, -0.05) is 126 Å². The summed E-state index contributed by atoms with van der Waals surface area (Å²) in [6.45, 7) is 4.19. The number of nitrogens with zero attached hydrogens (tertiary/aromatic N) is 1. The third kappa shape index (κ3) is 39.7. The third-order valence-electron chi connectivity index (χ3n) is 8.60. The molecule has 0 saturated carbocycles. The van der Waals surface area contributed by atoms with Gasteiger partial charge in [0.2, 0.25) is 0 Å². The third-order valence-corrected chi connectivity index (χ3v) is 9.58. The minimum Gasteiger partial charge on any atom is -0.462 e. The van der Waals surface area contributed by atoms with Crippen LogP contribution in [0.25, 0.3) is 0 Å². The van der Waals surface area contributed by atoms with Crippen LogP contribution in [-0.2, 0) is 32.7 Å². The molecular formula is C44H79NO9P+. The first-order valence-corrected chi connectivity index (χ1v) is 22.6. The first-order chi connectivity index (χ1) is 26.4. The van der Waals surface area contributed by atoms with Crippen LogP contribution < -0.4 is 0 Å². The Morgan fingerprint density at radius 3 is 1.91 bits per heavy atom. The van der Waals surface area contributed by atoms with E-state index < -0.39 is 38.6 Å². The van der Waals surface area contributed by atoms with E-state index in [1.165, 1.54) is 44.9 Å². The van der Waals surface area contributed by atoms with Crippen LogP contribution in [0.2, 0.25) is 0 Å². The van der Waals surface area contributed by atoms with E-state index in [0.717, 1.165) is 51.4 Å². The van der Waals surface area contributed by atoms with Gasteiger partial charge in [0.15, 0.2) is 6.10 Å². The van der Waals surface area contributed by atoms with Crippen molar-refractivity contribution >= 4 is 19.8 Å². The number of quaternary nitrogens is 1. The van der Waals surface area contributed by atoms with E-state index in [1.807, 2.05) is 57.6 Å². The number of hydrogen-bond donors (Lipinski definition) is 2. The van der Waals surface area contributed by atoms with Crippen molar-refractivity contribution in [3.8, 4) is 0 Å². The number of esters is 2. The molecule has 318 valence electrons. The second-order valence-electron chi connectivity index (χ2n) is 15.2. The first-order valence-electron chi connectivity index (χ1n) is 21.1. The fourth-order valence-electron chi connectivity index (χ4n) is 5.20. The highest BCUT2D eigenvalue weighted by Gasteiger charge is 2.27. The summed E-state index contributed by atoms with van der Waals surface area (Å²) >= 11 is 0. The van der Waals surface area contributed by atoms with Crippen molar-refractivity contribution in [2.45, 2.75) is 161 Å². The zero-order chi connectivity index (χ0) is 40.9. The summed E-state index contributed by atoms with van der Waals surface area (Å²) in [6, 6.07) is 0. The zero-order valence-electron chi connectivity index (χ0n) is 35.3. The molecule has 1 unspecified atom stereocenters. The molecule has 0 aliphatic rings. The van der Waals surface area contributed by atoms with E-state index in [0.29, 0.717) is 36.7 Å². The summed E-state index contributed by atoms with van der Waals surface area (Å²) in [5.74, 6) is -0.919. The van der Waals surface area contributed by atoms with Gasteiger partial charge in [-0.05, 0) is 70.6 Å². The quantitative estimate of drug-likeness (QED) is 0.0158.